The van der Waals surface area contributed by atoms with Gasteiger partial charge in [0.15, 0.2) is 0 Å². The Hall–Kier alpha value is -1.12. The number of hydrogen-bond donors (Lipinski definition) is 1. The lowest BCUT2D eigenvalue weighted by Crippen LogP contribution is -2.16. The predicted molar refractivity (Wildman–Crippen MR) is 178 cm³/mol. The molecule has 1 atom stereocenters. The van der Waals surface area contributed by atoms with E-state index >= 15 is 0 Å². The average Bonchev–Trinajstić information content (AvgIpc) is 2.95. The number of allylic oxidation sites excluding steroid dienone is 8. The van der Waals surface area contributed by atoms with E-state index in [0.29, 0.717) is 6.10 Å². The second-order valence-electron chi connectivity index (χ2n) is 11.3. The smallest absolute Gasteiger partial charge is 0.0575 e. The summed E-state index contributed by atoms with van der Waals surface area (Å²) in [5.41, 5.74) is 5.68. The molecule has 39 heavy (non-hydrogen) atoms. The Morgan fingerprint density at radius 1 is 0.462 bits per heavy atom. The Balaban J connectivity index is 3.73. The largest absolute Gasteiger partial charge is 0.378 e. The molecule has 2 N–H and O–H groups in total. The average molecular weight is 544 g/mol. The normalized spacial score (nSPS) is 13.2. The Labute approximate surface area is 246 Å². The molecule has 0 heterocycles. The maximum atomic E-state index is 6.20. The van der Waals surface area contributed by atoms with Gasteiger partial charge in [0.2, 0.25) is 0 Å². The van der Waals surface area contributed by atoms with E-state index in [1.807, 2.05) is 0 Å². The van der Waals surface area contributed by atoms with Crippen LogP contribution >= 0.6 is 0 Å². The van der Waals surface area contributed by atoms with Gasteiger partial charge in [-0.1, -0.05) is 133 Å². The van der Waals surface area contributed by atoms with Crippen molar-refractivity contribution in [3.05, 3.63) is 48.6 Å². The zero-order valence-electron chi connectivity index (χ0n) is 26.6. The summed E-state index contributed by atoms with van der Waals surface area (Å²) in [5, 5.41) is 0. The first-order chi connectivity index (χ1) is 19.3. The van der Waals surface area contributed by atoms with E-state index in [1.165, 1.54) is 135 Å². The van der Waals surface area contributed by atoms with Crippen LogP contribution in [-0.4, -0.2) is 19.3 Å². The number of hydrogen-bond acceptors (Lipinski definition) is 2. The Morgan fingerprint density at radius 3 is 1.26 bits per heavy atom. The lowest BCUT2D eigenvalue weighted by atomic mass is 10.0. The maximum absolute atomic E-state index is 6.20. The van der Waals surface area contributed by atoms with Crippen LogP contribution in [-0.2, 0) is 4.74 Å². The molecule has 2 nitrogen and oxygen atoms in total. The number of unbranched alkanes of at least 4 members (excludes halogenated alkanes) is 15. The van der Waals surface area contributed by atoms with Gasteiger partial charge < -0.3 is 10.5 Å². The molecule has 0 aliphatic carbocycles. The molecule has 0 saturated carbocycles. The van der Waals surface area contributed by atoms with Crippen LogP contribution in [0.1, 0.15) is 168 Å². The fraction of sp³-hybridized carbons (Fsp3) is 0.784. The van der Waals surface area contributed by atoms with Crippen molar-refractivity contribution in [3.8, 4) is 0 Å². The topological polar surface area (TPSA) is 35.2 Å². The van der Waals surface area contributed by atoms with Gasteiger partial charge in [0.25, 0.3) is 0 Å². The van der Waals surface area contributed by atoms with E-state index in [-0.39, 0.29) is 0 Å². The van der Waals surface area contributed by atoms with Gasteiger partial charge in [-0.25, -0.2) is 0 Å². The van der Waals surface area contributed by atoms with E-state index in [1.54, 1.807) is 0 Å². The molecule has 0 spiro atoms. The fourth-order valence-electron chi connectivity index (χ4n) is 4.83. The summed E-state index contributed by atoms with van der Waals surface area (Å²) >= 11 is 0. The molecule has 2 heteroatoms. The fourth-order valence-corrected chi connectivity index (χ4v) is 4.83. The van der Waals surface area contributed by atoms with E-state index in [2.05, 4.69) is 62.5 Å². The third-order valence-corrected chi connectivity index (χ3v) is 7.41. The number of rotatable bonds is 31. The van der Waals surface area contributed by atoms with Crippen molar-refractivity contribution in [3.63, 3.8) is 0 Å². The SMILES string of the molecule is CCCCC/C=C\C/C=C\CCCCCCC(CCCCCCC/C=C/C/C=C\CCCCC)OCCCN. The van der Waals surface area contributed by atoms with Gasteiger partial charge in [0.05, 0.1) is 6.10 Å². The lowest BCUT2D eigenvalue weighted by molar-refractivity contribution is 0.0376. The Morgan fingerprint density at radius 2 is 0.846 bits per heavy atom. The van der Waals surface area contributed by atoms with E-state index in [0.717, 1.165) is 32.4 Å². The first-order valence-electron chi connectivity index (χ1n) is 17.3. The molecule has 0 aromatic rings. The third-order valence-electron chi connectivity index (χ3n) is 7.41. The molecule has 0 aromatic carbocycles. The first kappa shape index (κ1) is 37.9. The Kier molecular flexibility index (Phi) is 33.9. The van der Waals surface area contributed by atoms with Crippen molar-refractivity contribution < 1.29 is 4.74 Å². The molecule has 0 fully saturated rings. The Bertz CT molecular complexity index is 562. The molecule has 0 radical (unpaired) electrons. The minimum absolute atomic E-state index is 0.443. The van der Waals surface area contributed by atoms with Gasteiger partial charge in [0, 0.05) is 6.61 Å². The van der Waals surface area contributed by atoms with Gasteiger partial charge in [-0.3, -0.25) is 0 Å². The zero-order chi connectivity index (χ0) is 28.3. The van der Waals surface area contributed by atoms with Crippen molar-refractivity contribution in [1.82, 2.24) is 0 Å². The maximum Gasteiger partial charge on any atom is 0.0575 e. The summed E-state index contributed by atoms with van der Waals surface area (Å²) in [6, 6.07) is 0. The van der Waals surface area contributed by atoms with Gasteiger partial charge >= 0.3 is 0 Å². The summed E-state index contributed by atoms with van der Waals surface area (Å²) in [5.74, 6) is 0. The molecular formula is C37H69NO. The molecular weight excluding hydrogens is 474 g/mol. The highest BCUT2D eigenvalue weighted by atomic mass is 16.5. The van der Waals surface area contributed by atoms with Crippen LogP contribution in [0.25, 0.3) is 0 Å². The minimum atomic E-state index is 0.443. The lowest BCUT2D eigenvalue weighted by Gasteiger charge is -2.18. The molecule has 0 amide bonds. The summed E-state index contributed by atoms with van der Waals surface area (Å²) < 4.78 is 6.20. The van der Waals surface area contributed by atoms with Crippen molar-refractivity contribution in [2.24, 2.45) is 5.73 Å². The standard InChI is InChI=1S/C37H69NO/c1-3-5-7-9-11-13-15-17-19-21-23-25-27-29-31-34-37(39-36-32-35-38)33-30-28-26-24-22-20-18-16-14-12-10-8-6-4-2/h11-14,17-20,37H,3-10,15-16,21-36,38H2,1-2H3/b13-11-,14-12-,19-17+,20-18-. The van der Waals surface area contributed by atoms with E-state index < -0.39 is 0 Å². The molecule has 0 bridgehead atoms. The monoisotopic (exact) mass is 544 g/mol. The molecule has 1 unspecified atom stereocenters. The first-order valence-corrected chi connectivity index (χ1v) is 17.3. The number of ether oxygens (including phenoxy) is 1. The molecule has 0 aromatic heterocycles. The van der Waals surface area contributed by atoms with Gasteiger partial charge in [0.1, 0.15) is 0 Å². The predicted octanol–water partition coefficient (Wildman–Crippen LogP) is 12.0. The van der Waals surface area contributed by atoms with Crippen molar-refractivity contribution in [1.29, 1.82) is 0 Å². The van der Waals surface area contributed by atoms with Crippen molar-refractivity contribution in [2.45, 2.75) is 174 Å². The van der Waals surface area contributed by atoms with Crippen LogP contribution in [0.4, 0.5) is 0 Å². The summed E-state index contributed by atoms with van der Waals surface area (Å²) in [6.07, 6.45) is 49.8. The summed E-state index contributed by atoms with van der Waals surface area (Å²) in [7, 11) is 0. The molecule has 0 saturated heterocycles. The number of nitrogens with two attached hydrogens (primary N) is 1. The van der Waals surface area contributed by atoms with Gasteiger partial charge in [-0.05, 0) is 90.0 Å². The van der Waals surface area contributed by atoms with Crippen LogP contribution in [0.3, 0.4) is 0 Å². The van der Waals surface area contributed by atoms with E-state index in [4.69, 9.17) is 10.5 Å². The van der Waals surface area contributed by atoms with Crippen LogP contribution in [0.2, 0.25) is 0 Å². The molecule has 0 rings (SSSR count). The second kappa shape index (κ2) is 34.9. The van der Waals surface area contributed by atoms with Gasteiger partial charge in [-0.2, -0.15) is 0 Å². The van der Waals surface area contributed by atoms with Crippen LogP contribution < -0.4 is 5.73 Å². The molecule has 228 valence electrons. The molecule has 0 aliphatic rings. The van der Waals surface area contributed by atoms with Crippen LogP contribution in [0.15, 0.2) is 48.6 Å². The van der Waals surface area contributed by atoms with Crippen LogP contribution in [0, 0.1) is 0 Å². The minimum Gasteiger partial charge on any atom is -0.378 e. The highest BCUT2D eigenvalue weighted by Gasteiger charge is 2.08. The van der Waals surface area contributed by atoms with Crippen molar-refractivity contribution >= 4 is 0 Å². The van der Waals surface area contributed by atoms with Gasteiger partial charge in [-0.15, -0.1) is 0 Å². The zero-order valence-corrected chi connectivity index (χ0v) is 26.6. The highest BCUT2D eigenvalue weighted by molar-refractivity contribution is 4.93. The third kappa shape index (κ3) is 33.0. The quantitative estimate of drug-likeness (QED) is 0.0697. The summed E-state index contributed by atoms with van der Waals surface area (Å²) in [4.78, 5) is 0. The van der Waals surface area contributed by atoms with E-state index in [9.17, 15) is 0 Å². The van der Waals surface area contributed by atoms with Crippen LogP contribution in [0.5, 0.6) is 0 Å². The second-order valence-corrected chi connectivity index (χ2v) is 11.3. The summed E-state index contributed by atoms with van der Waals surface area (Å²) in [6.45, 7) is 6.10. The molecule has 0 aliphatic heterocycles. The van der Waals surface area contributed by atoms with Crippen molar-refractivity contribution in [2.75, 3.05) is 13.2 Å². The highest BCUT2D eigenvalue weighted by Crippen LogP contribution is 2.17.